The van der Waals surface area contributed by atoms with Crippen LogP contribution in [0.4, 0.5) is 4.79 Å². The third-order valence-electron chi connectivity index (χ3n) is 2.81. The number of urea groups is 1. The van der Waals surface area contributed by atoms with Gasteiger partial charge >= 0.3 is 12.0 Å². The standard InChI is InChI=1S/C10H17N3O5/c1-11-10(17)12-8(14)3-13(2)7-5-18-4-6(7)9(15)16/h6-7H,3-5H2,1-2H3,(H,15,16)(H2,11,12,14,17). The van der Waals surface area contributed by atoms with Crippen molar-refractivity contribution in [3.05, 3.63) is 0 Å². The summed E-state index contributed by atoms with van der Waals surface area (Å²) in [6.45, 7) is 0.341. The lowest BCUT2D eigenvalue weighted by molar-refractivity contribution is -0.143. The Morgan fingerprint density at radius 2 is 2.06 bits per heavy atom. The largest absolute Gasteiger partial charge is 0.481 e. The highest BCUT2D eigenvalue weighted by atomic mass is 16.5. The molecule has 0 bridgehead atoms. The summed E-state index contributed by atoms with van der Waals surface area (Å²) >= 11 is 0. The number of carboxylic acid groups (broad SMARTS) is 1. The van der Waals surface area contributed by atoms with Crippen LogP contribution in [0.2, 0.25) is 0 Å². The van der Waals surface area contributed by atoms with Gasteiger partial charge in [0.1, 0.15) is 0 Å². The van der Waals surface area contributed by atoms with Crippen LogP contribution in [0.3, 0.4) is 0 Å². The molecule has 0 aromatic rings. The van der Waals surface area contributed by atoms with E-state index in [2.05, 4.69) is 10.6 Å². The highest BCUT2D eigenvalue weighted by Crippen LogP contribution is 2.18. The molecule has 102 valence electrons. The molecule has 0 saturated carbocycles. The van der Waals surface area contributed by atoms with E-state index >= 15 is 0 Å². The number of nitrogens with one attached hydrogen (secondary N) is 2. The number of imide groups is 1. The summed E-state index contributed by atoms with van der Waals surface area (Å²) < 4.78 is 5.10. The van der Waals surface area contributed by atoms with Crippen molar-refractivity contribution in [3.8, 4) is 0 Å². The topological polar surface area (TPSA) is 108 Å². The first-order valence-corrected chi connectivity index (χ1v) is 5.48. The summed E-state index contributed by atoms with van der Waals surface area (Å²) in [4.78, 5) is 34.9. The van der Waals surface area contributed by atoms with Gasteiger partial charge in [0.15, 0.2) is 0 Å². The van der Waals surface area contributed by atoms with Crippen molar-refractivity contribution in [2.75, 3.05) is 33.9 Å². The van der Waals surface area contributed by atoms with Gasteiger partial charge in [-0.25, -0.2) is 4.79 Å². The smallest absolute Gasteiger partial charge is 0.321 e. The van der Waals surface area contributed by atoms with Gasteiger partial charge in [-0.05, 0) is 7.05 Å². The molecule has 18 heavy (non-hydrogen) atoms. The van der Waals surface area contributed by atoms with Crippen molar-refractivity contribution >= 4 is 17.9 Å². The lowest BCUT2D eigenvalue weighted by Gasteiger charge is -2.25. The molecule has 1 aliphatic heterocycles. The van der Waals surface area contributed by atoms with Crippen LogP contribution in [0.1, 0.15) is 0 Å². The second kappa shape index (κ2) is 6.31. The van der Waals surface area contributed by atoms with E-state index in [0.29, 0.717) is 0 Å². The van der Waals surface area contributed by atoms with Gasteiger partial charge in [-0.3, -0.25) is 19.8 Å². The number of likely N-dealkylation sites (N-methyl/N-ethyl adjacent to an activating group) is 1. The van der Waals surface area contributed by atoms with Gasteiger partial charge in [0.05, 0.1) is 25.7 Å². The molecule has 8 heteroatoms. The Labute approximate surface area is 104 Å². The number of carbonyl (C=O) groups excluding carboxylic acids is 2. The highest BCUT2D eigenvalue weighted by molar-refractivity contribution is 5.95. The summed E-state index contributed by atoms with van der Waals surface area (Å²) in [6, 6.07) is -0.955. The first-order valence-electron chi connectivity index (χ1n) is 5.48. The molecule has 3 amide bonds. The third-order valence-corrected chi connectivity index (χ3v) is 2.81. The summed E-state index contributed by atoms with van der Waals surface area (Å²) in [5, 5.41) is 13.3. The first-order chi connectivity index (χ1) is 8.45. The maximum Gasteiger partial charge on any atom is 0.321 e. The average Bonchev–Trinajstić information content (AvgIpc) is 2.77. The van der Waals surface area contributed by atoms with Gasteiger partial charge in [0.2, 0.25) is 5.91 Å². The zero-order valence-electron chi connectivity index (χ0n) is 10.3. The number of amides is 3. The molecule has 1 rings (SSSR count). The molecule has 1 aliphatic rings. The maximum absolute atomic E-state index is 11.5. The van der Waals surface area contributed by atoms with E-state index in [1.165, 1.54) is 7.05 Å². The predicted octanol–water partition coefficient (Wildman–Crippen LogP) is -1.53. The van der Waals surface area contributed by atoms with Crippen molar-refractivity contribution in [3.63, 3.8) is 0 Å². The Balaban J connectivity index is 2.49. The second-order valence-corrected chi connectivity index (χ2v) is 4.09. The minimum Gasteiger partial charge on any atom is -0.481 e. The number of rotatable bonds is 4. The fourth-order valence-electron chi connectivity index (χ4n) is 1.79. The molecule has 2 unspecified atom stereocenters. The Hall–Kier alpha value is -1.67. The quantitative estimate of drug-likeness (QED) is 0.565. The van der Waals surface area contributed by atoms with Crippen molar-refractivity contribution in [2.45, 2.75) is 6.04 Å². The molecule has 1 fully saturated rings. The molecule has 1 saturated heterocycles. The number of ether oxygens (including phenoxy) is 1. The minimum absolute atomic E-state index is 0.0643. The molecule has 0 spiro atoms. The van der Waals surface area contributed by atoms with Gasteiger partial charge in [-0.2, -0.15) is 0 Å². The molecule has 8 nitrogen and oxygen atoms in total. The van der Waals surface area contributed by atoms with Crippen LogP contribution in [0, 0.1) is 5.92 Å². The van der Waals surface area contributed by atoms with E-state index in [0.717, 1.165) is 0 Å². The molecule has 0 aromatic carbocycles. The van der Waals surface area contributed by atoms with Gasteiger partial charge in [0, 0.05) is 13.1 Å². The Kier molecular flexibility index (Phi) is 5.05. The van der Waals surface area contributed by atoms with E-state index in [9.17, 15) is 14.4 Å². The van der Waals surface area contributed by atoms with Crippen molar-refractivity contribution in [1.82, 2.24) is 15.5 Å². The molecule has 0 aliphatic carbocycles. The van der Waals surface area contributed by atoms with Crippen molar-refractivity contribution in [2.24, 2.45) is 5.92 Å². The molecular formula is C10H17N3O5. The van der Waals surface area contributed by atoms with E-state index < -0.39 is 23.8 Å². The van der Waals surface area contributed by atoms with Crippen LogP contribution in [0.15, 0.2) is 0 Å². The van der Waals surface area contributed by atoms with Gasteiger partial charge < -0.3 is 15.2 Å². The highest BCUT2D eigenvalue weighted by Gasteiger charge is 2.37. The summed E-state index contributed by atoms with van der Waals surface area (Å²) in [5.41, 5.74) is 0. The summed E-state index contributed by atoms with van der Waals surface area (Å²) in [6.07, 6.45) is 0. The number of hydrogen-bond acceptors (Lipinski definition) is 5. The van der Waals surface area contributed by atoms with Gasteiger partial charge in [0.25, 0.3) is 0 Å². The lowest BCUT2D eigenvalue weighted by Crippen LogP contribution is -2.48. The molecule has 0 aromatic heterocycles. The Bertz CT molecular complexity index is 346. The monoisotopic (exact) mass is 259 g/mol. The van der Waals surface area contributed by atoms with Crippen LogP contribution in [0.25, 0.3) is 0 Å². The third kappa shape index (κ3) is 3.67. The van der Waals surface area contributed by atoms with E-state index in [1.54, 1.807) is 11.9 Å². The van der Waals surface area contributed by atoms with Crippen LogP contribution in [-0.2, 0) is 14.3 Å². The molecular weight excluding hydrogens is 242 g/mol. The maximum atomic E-state index is 11.5. The fraction of sp³-hybridized carbons (Fsp3) is 0.700. The van der Waals surface area contributed by atoms with Crippen LogP contribution >= 0.6 is 0 Å². The first kappa shape index (κ1) is 14.4. The van der Waals surface area contributed by atoms with Crippen molar-refractivity contribution < 1.29 is 24.2 Å². The van der Waals surface area contributed by atoms with Crippen LogP contribution < -0.4 is 10.6 Å². The van der Waals surface area contributed by atoms with Crippen LogP contribution in [0.5, 0.6) is 0 Å². The molecule has 1 heterocycles. The van der Waals surface area contributed by atoms with Gasteiger partial charge in [-0.15, -0.1) is 0 Å². The van der Waals surface area contributed by atoms with E-state index in [4.69, 9.17) is 9.84 Å². The van der Waals surface area contributed by atoms with Crippen LogP contribution in [-0.4, -0.2) is 67.8 Å². The zero-order chi connectivity index (χ0) is 13.7. The van der Waals surface area contributed by atoms with E-state index in [1.807, 2.05) is 0 Å². The normalized spacial score (nSPS) is 22.8. The van der Waals surface area contributed by atoms with Gasteiger partial charge in [-0.1, -0.05) is 0 Å². The molecule has 2 atom stereocenters. The number of nitrogens with zero attached hydrogens (tertiary/aromatic N) is 1. The Morgan fingerprint density at radius 1 is 1.39 bits per heavy atom. The van der Waals surface area contributed by atoms with E-state index in [-0.39, 0.29) is 25.8 Å². The summed E-state index contributed by atoms with van der Waals surface area (Å²) in [5.74, 6) is -2.09. The average molecular weight is 259 g/mol. The Morgan fingerprint density at radius 3 is 2.61 bits per heavy atom. The number of hydrogen-bond donors (Lipinski definition) is 3. The lowest BCUT2D eigenvalue weighted by atomic mass is 10.0. The fourth-order valence-corrected chi connectivity index (χ4v) is 1.79. The zero-order valence-corrected chi connectivity index (χ0v) is 10.3. The number of carboxylic acids is 1. The second-order valence-electron chi connectivity index (χ2n) is 4.09. The number of aliphatic carboxylic acids is 1. The summed E-state index contributed by atoms with van der Waals surface area (Å²) in [7, 11) is 3.02. The van der Waals surface area contributed by atoms with Crippen molar-refractivity contribution in [1.29, 1.82) is 0 Å². The predicted molar refractivity (Wildman–Crippen MR) is 61.0 cm³/mol. The number of carbonyl (C=O) groups is 3. The molecule has 3 N–H and O–H groups in total. The SMILES string of the molecule is CNC(=O)NC(=O)CN(C)C1COCC1C(=O)O. The molecule has 0 radical (unpaired) electrons. The minimum atomic E-state index is -0.948.